The van der Waals surface area contributed by atoms with Crippen LogP contribution in [0.5, 0.6) is 0 Å². The van der Waals surface area contributed by atoms with Crippen molar-refractivity contribution in [1.29, 1.82) is 0 Å². The number of pyridine rings is 1. The number of para-hydroxylation sites is 1. The molecule has 0 spiro atoms. The predicted molar refractivity (Wildman–Crippen MR) is 168 cm³/mol. The highest BCUT2D eigenvalue weighted by Gasteiger charge is 2.37. The van der Waals surface area contributed by atoms with Crippen LogP contribution < -0.4 is 0 Å². The number of nitrogens with zero attached hydrogens (tertiary/aromatic N) is 2. The molecule has 3 nitrogen and oxygen atoms in total. The smallest absolute Gasteiger partial charge is 0.0991 e. The minimum absolute atomic E-state index is 0.105. The van der Waals surface area contributed by atoms with Crippen LogP contribution in [0, 0.1) is 11.8 Å². The highest BCUT2D eigenvalue weighted by atomic mass is 16.5. The molecule has 0 saturated carbocycles. The third kappa shape index (κ3) is 5.08. The van der Waals surface area contributed by atoms with Crippen molar-refractivity contribution in [3.05, 3.63) is 128 Å². The van der Waals surface area contributed by atoms with E-state index in [1.807, 2.05) is 12.3 Å². The standard InChI is InChI=1S/C37H38N2O/c1-4-22-40-37(33-18-20-38-35-17-11-10-16-32(33)35)36-24-27(26(3)5-2)19-21-39(36)25-34-30-14-8-6-12-28(30)23-29-13-7-9-15-31(29)34/h4-18,20,23,26-27,36-37H,1-2,19,21-22,24-25H2,3H3/t26?,27?,36?,37-/m1/s1. The fraction of sp³-hybridized carbons (Fsp3) is 0.270. The predicted octanol–water partition coefficient (Wildman–Crippen LogP) is 8.89. The van der Waals surface area contributed by atoms with Gasteiger partial charge in [0.1, 0.15) is 0 Å². The lowest BCUT2D eigenvalue weighted by molar-refractivity contribution is -0.0372. The summed E-state index contributed by atoms with van der Waals surface area (Å²) in [5.41, 5.74) is 3.61. The Morgan fingerprint density at radius 3 is 2.30 bits per heavy atom. The van der Waals surface area contributed by atoms with Gasteiger partial charge in [0.15, 0.2) is 0 Å². The molecular weight excluding hydrogens is 488 g/mol. The lowest BCUT2D eigenvalue weighted by Gasteiger charge is -2.45. The van der Waals surface area contributed by atoms with Crippen LogP contribution in [0.1, 0.15) is 37.0 Å². The van der Waals surface area contributed by atoms with E-state index in [1.165, 1.54) is 32.7 Å². The first kappa shape index (κ1) is 26.4. The number of piperidine rings is 1. The molecule has 40 heavy (non-hydrogen) atoms. The number of aromatic nitrogens is 1. The molecule has 5 aromatic rings. The zero-order valence-corrected chi connectivity index (χ0v) is 23.4. The van der Waals surface area contributed by atoms with E-state index < -0.39 is 0 Å². The van der Waals surface area contributed by atoms with Crippen LogP contribution in [0.25, 0.3) is 32.4 Å². The number of hydrogen-bond acceptors (Lipinski definition) is 3. The Hall–Kier alpha value is -3.79. The summed E-state index contributed by atoms with van der Waals surface area (Å²) in [6, 6.07) is 30.7. The third-order valence-electron chi connectivity index (χ3n) is 8.89. The lowest BCUT2D eigenvalue weighted by atomic mass is 9.78. The molecule has 2 heterocycles. The first-order valence-corrected chi connectivity index (χ1v) is 14.5. The Bertz CT molecular complexity index is 1600. The fourth-order valence-corrected chi connectivity index (χ4v) is 6.68. The minimum Gasteiger partial charge on any atom is -0.368 e. The molecule has 1 aromatic heterocycles. The summed E-state index contributed by atoms with van der Waals surface area (Å²) in [6.45, 7) is 12.8. The van der Waals surface area contributed by atoms with Gasteiger partial charge in [0.25, 0.3) is 0 Å². The molecular formula is C37H38N2O. The Kier molecular flexibility index (Phi) is 7.77. The van der Waals surface area contributed by atoms with Crippen molar-refractivity contribution in [2.75, 3.05) is 13.2 Å². The van der Waals surface area contributed by atoms with Crippen LogP contribution in [0.2, 0.25) is 0 Å². The van der Waals surface area contributed by atoms with Crippen molar-refractivity contribution < 1.29 is 4.74 Å². The normalized spacial score (nSPS) is 19.5. The maximum absolute atomic E-state index is 6.72. The molecule has 0 bridgehead atoms. The van der Waals surface area contributed by atoms with E-state index in [0.29, 0.717) is 18.4 Å². The first-order valence-electron chi connectivity index (χ1n) is 14.5. The fourth-order valence-electron chi connectivity index (χ4n) is 6.68. The molecule has 3 heteroatoms. The second kappa shape index (κ2) is 11.8. The third-order valence-corrected chi connectivity index (χ3v) is 8.89. The van der Waals surface area contributed by atoms with E-state index in [0.717, 1.165) is 36.8 Å². The van der Waals surface area contributed by atoms with Crippen LogP contribution in [0.15, 0.2) is 116 Å². The van der Waals surface area contributed by atoms with Gasteiger partial charge in [-0.2, -0.15) is 0 Å². The van der Waals surface area contributed by atoms with Gasteiger partial charge in [0.05, 0.1) is 18.2 Å². The van der Waals surface area contributed by atoms with Crippen molar-refractivity contribution >= 4 is 32.4 Å². The maximum Gasteiger partial charge on any atom is 0.0991 e. The summed E-state index contributed by atoms with van der Waals surface area (Å²) in [5.74, 6) is 1.02. The summed E-state index contributed by atoms with van der Waals surface area (Å²) >= 11 is 0. The van der Waals surface area contributed by atoms with E-state index in [9.17, 15) is 0 Å². The second-order valence-electron chi connectivity index (χ2n) is 11.2. The molecule has 4 atom stereocenters. The number of ether oxygens (including phenoxy) is 1. The number of hydrogen-bond donors (Lipinski definition) is 0. The molecule has 202 valence electrons. The Balaban J connectivity index is 1.48. The largest absolute Gasteiger partial charge is 0.368 e. The Morgan fingerprint density at radius 1 is 0.925 bits per heavy atom. The quantitative estimate of drug-likeness (QED) is 0.142. The topological polar surface area (TPSA) is 25.4 Å². The number of benzene rings is 4. The van der Waals surface area contributed by atoms with Crippen molar-refractivity contribution in [3.8, 4) is 0 Å². The second-order valence-corrected chi connectivity index (χ2v) is 11.2. The molecule has 0 N–H and O–H groups in total. The molecule has 1 fully saturated rings. The number of fused-ring (bicyclic) bond motifs is 3. The molecule has 0 aliphatic carbocycles. The van der Waals surface area contributed by atoms with Crippen LogP contribution in [-0.2, 0) is 11.3 Å². The summed E-state index contributed by atoms with van der Waals surface area (Å²) in [4.78, 5) is 7.34. The van der Waals surface area contributed by atoms with Gasteiger partial charge in [-0.05, 0) is 82.1 Å². The molecule has 6 rings (SSSR count). The average molecular weight is 527 g/mol. The highest BCUT2D eigenvalue weighted by molar-refractivity contribution is 6.02. The van der Waals surface area contributed by atoms with E-state index >= 15 is 0 Å². The van der Waals surface area contributed by atoms with E-state index in [2.05, 4.69) is 121 Å². The van der Waals surface area contributed by atoms with E-state index in [4.69, 9.17) is 4.74 Å². The van der Waals surface area contributed by atoms with Gasteiger partial charge in [0, 0.05) is 24.2 Å². The van der Waals surface area contributed by atoms with Crippen LogP contribution >= 0.6 is 0 Å². The highest BCUT2D eigenvalue weighted by Crippen LogP contribution is 2.41. The molecule has 1 aliphatic rings. The molecule has 3 unspecified atom stereocenters. The Labute approximate surface area is 237 Å². The van der Waals surface area contributed by atoms with Crippen molar-refractivity contribution in [2.24, 2.45) is 11.8 Å². The number of allylic oxidation sites excluding steroid dienone is 1. The maximum atomic E-state index is 6.72. The number of likely N-dealkylation sites (tertiary alicyclic amines) is 1. The Morgan fingerprint density at radius 2 is 1.60 bits per heavy atom. The van der Waals surface area contributed by atoms with Gasteiger partial charge in [0.2, 0.25) is 0 Å². The summed E-state index contributed by atoms with van der Waals surface area (Å²) < 4.78 is 6.72. The van der Waals surface area contributed by atoms with Gasteiger partial charge in [-0.15, -0.1) is 13.2 Å². The summed E-state index contributed by atoms with van der Waals surface area (Å²) in [7, 11) is 0. The van der Waals surface area contributed by atoms with Crippen LogP contribution in [-0.4, -0.2) is 29.1 Å². The van der Waals surface area contributed by atoms with Gasteiger partial charge < -0.3 is 4.74 Å². The van der Waals surface area contributed by atoms with Gasteiger partial charge in [-0.3, -0.25) is 9.88 Å². The van der Waals surface area contributed by atoms with Crippen molar-refractivity contribution in [3.63, 3.8) is 0 Å². The lowest BCUT2D eigenvalue weighted by Crippen LogP contribution is -2.47. The van der Waals surface area contributed by atoms with Gasteiger partial charge >= 0.3 is 0 Å². The summed E-state index contributed by atoms with van der Waals surface area (Å²) in [6.07, 6.45) is 8.01. The van der Waals surface area contributed by atoms with Crippen molar-refractivity contribution in [1.82, 2.24) is 9.88 Å². The molecule has 4 aromatic carbocycles. The average Bonchev–Trinajstić information content (AvgIpc) is 3.01. The van der Waals surface area contributed by atoms with E-state index in [1.54, 1.807) is 0 Å². The number of rotatable bonds is 9. The first-order chi connectivity index (χ1) is 19.7. The van der Waals surface area contributed by atoms with Gasteiger partial charge in [-0.1, -0.05) is 85.8 Å². The van der Waals surface area contributed by atoms with Crippen molar-refractivity contribution in [2.45, 2.75) is 38.5 Å². The van der Waals surface area contributed by atoms with Crippen LogP contribution in [0.3, 0.4) is 0 Å². The van der Waals surface area contributed by atoms with Gasteiger partial charge in [-0.25, -0.2) is 0 Å². The van der Waals surface area contributed by atoms with E-state index in [-0.39, 0.29) is 12.1 Å². The molecule has 1 saturated heterocycles. The zero-order chi connectivity index (χ0) is 27.5. The summed E-state index contributed by atoms with van der Waals surface area (Å²) in [5, 5.41) is 6.41. The minimum atomic E-state index is -0.105. The molecule has 1 aliphatic heterocycles. The van der Waals surface area contributed by atoms with Crippen LogP contribution in [0.4, 0.5) is 0 Å². The molecule has 0 radical (unpaired) electrons. The molecule has 0 amide bonds. The zero-order valence-electron chi connectivity index (χ0n) is 23.4. The SMILES string of the molecule is C=CCO[C@H](c1ccnc2ccccc12)C1CC(C(C)C=C)CCN1Cc1c2ccccc2cc2ccccc12. The monoisotopic (exact) mass is 526 g/mol.